The Morgan fingerprint density at radius 1 is 1.25 bits per heavy atom. The largest absolute Gasteiger partial charge is 0.342 e. The molecule has 0 aromatic heterocycles. The zero-order valence-electron chi connectivity index (χ0n) is 14.5. The summed E-state index contributed by atoms with van der Waals surface area (Å²) in [6.07, 6.45) is 4.58. The second kappa shape index (κ2) is 5.91. The van der Waals surface area contributed by atoms with Crippen LogP contribution in [0.4, 0.5) is 0 Å². The quantitative estimate of drug-likeness (QED) is 0.838. The number of piperidine rings is 1. The molecule has 0 bridgehead atoms. The van der Waals surface area contributed by atoms with E-state index in [1.54, 1.807) is 0 Å². The fourth-order valence-corrected chi connectivity index (χ4v) is 4.84. The first kappa shape index (κ1) is 15.7. The van der Waals surface area contributed by atoms with Gasteiger partial charge in [0.1, 0.15) is 0 Å². The first-order chi connectivity index (χ1) is 11.6. The summed E-state index contributed by atoms with van der Waals surface area (Å²) in [6, 6.07) is 8.37. The number of amides is 2. The fraction of sp³-hybridized carbons (Fsp3) is 0.600. The molecule has 3 aliphatic rings. The molecular weight excluding hydrogens is 300 g/mol. The summed E-state index contributed by atoms with van der Waals surface area (Å²) in [7, 11) is 0. The van der Waals surface area contributed by atoms with E-state index in [1.807, 2.05) is 17.9 Å². The predicted octanol–water partition coefficient (Wildman–Crippen LogP) is 2.58. The molecule has 2 saturated heterocycles. The molecule has 1 aromatic rings. The van der Waals surface area contributed by atoms with Crippen molar-refractivity contribution in [2.24, 2.45) is 5.41 Å². The molecule has 2 aliphatic heterocycles. The SMILES string of the molecule is CCN1CC2(CCN(C(=O)C3CCc4ccccc43)CC2)CC1=O. The van der Waals surface area contributed by atoms with Gasteiger partial charge in [-0.25, -0.2) is 0 Å². The highest BCUT2D eigenvalue weighted by Crippen LogP contribution is 2.42. The molecule has 0 radical (unpaired) electrons. The Hall–Kier alpha value is -1.84. The van der Waals surface area contributed by atoms with Crippen LogP contribution in [0, 0.1) is 5.41 Å². The minimum absolute atomic E-state index is 0.0487. The minimum atomic E-state index is 0.0487. The maximum absolute atomic E-state index is 13.0. The van der Waals surface area contributed by atoms with E-state index in [0.29, 0.717) is 18.2 Å². The molecule has 1 atom stereocenters. The van der Waals surface area contributed by atoms with E-state index >= 15 is 0 Å². The Morgan fingerprint density at radius 3 is 2.71 bits per heavy atom. The van der Waals surface area contributed by atoms with Crippen molar-refractivity contribution in [1.82, 2.24) is 9.80 Å². The Balaban J connectivity index is 1.42. The number of rotatable bonds is 2. The van der Waals surface area contributed by atoms with Crippen molar-refractivity contribution in [1.29, 1.82) is 0 Å². The molecule has 1 unspecified atom stereocenters. The van der Waals surface area contributed by atoms with Gasteiger partial charge >= 0.3 is 0 Å². The van der Waals surface area contributed by atoms with Crippen LogP contribution < -0.4 is 0 Å². The zero-order valence-corrected chi connectivity index (χ0v) is 14.5. The zero-order chi connectivity index (χ0) is 16.7. The van der Waals surface area contributed by atoms with Crippen LogP contribution in [0.1, 0.15) is 49.7 Å². The van der Waals surface area contributed by atoms with Crippen LogP contribution in [0.25, 0.3) is 0 Å². The molecular formula is C20H26N2O2. The van der Waals surface area contributed by atoms with Crippen molar-refractivity contribution in [3.05, 3.63) is 35.4 Å². The lowest BCUT2D eigenvalue weighted by molar-refractivity contribution is -0.135. The van der Waals surface area contributed by atoms with Crippen molar-refractivity contribution in [2.75, 3.05) is 26.2 Å². The average molecular weight is 326 g/mol. The number of likely N-dealkylation sites (tertiary alicyclic amines) is 2. The highest BCUT2D eigenvalue weighted by Gasteiger charge is 2.45. The molecule has 0 saturated carbocycles. The van der Waals surface area contributed by atoms with E-state index in [1.165, 1.54) is 11.1 Å². The lowest BCUT2D eigenvalue weighted by Crippen LogP contribution is -2.45. The summed E-state index contributed by atoms with van der Waals surface area (Å²) >= 11 is 0. The van der Waals surface area contributed by atoms with Crippen molar-refractivity contribution < 1.29 is 9.59 Å². The van der Waals surface area contributed by atoms with Crippen molar-refractivity contribution >= 4 is 11.8 Å². The van der Waals surface area contributed by atoms with Crippen molar-refractivity contribution in [3.63, 3.8) is 0 Å². The summed E-state index contributed by atoms with van der Waals surface area (Å²) in [5.74, 6) is 0.640. The van der Waals surface area contributed by atoms with Gasteiger partial charge in [0, 0.05) is 38.0 Å². The number of carbonyl (C=O) groups excluding carboxylic acids is 2. The highest BCUT2D eigenvalue weighted by molar-refractivity contribution is 5.85. The van der Waals surface area contributed by atoms with Gasteiger partial charge in [0.25, 0.3) is 0 Å². The summed E-state index contributed by atoms with van der Waals surface area (Å²) in [5.41, 5.74) is 2.69. The first-order valence-electron chi connectivity index (χ1n) is 9.26. The van der Waals surface area contributed by atoms with E-state index in [2.05, 4.69) is 23.1 Å². The summed E-state index contributed by atoms with van der Waals surface area (Å²) < 4.78 is 0. The van der Waals surface area contributed by atoms with Crippen LogP contribution in [-0.2, 0) is 16.0 Å². The molecule has 4 nitrogen and oxygen atoms in total. The molecule has 4 rings (SSSR count). The second-order valence-corrected chi connectivity index (χ2v) is 7.70. The van der Waals surface area contributed by atoms with Gasteiger partial charge in [0.05, 0.1) is 5.92 Å². The van der Waals surface area contributed by atoms with E-state index < -0.39 is 0 Å². The molecule has 24 heavy (non-hydrogen) atoms. The van der Waals surface area contributed by atoms with Crippen LogP contribution in [0.15, 0.2) is 24.3 Å². The number of hydrogen-bond donors (Lipinski definition) is 0. The maximum Gasteiger partial charge on any atom is 0.230 e. The molecule has 2 heterocycles. The second-order valence-electron chi connectivity index (χ2n) is 7.70. The van der Waals surface area contributed by atoms with Gasteiger partial charge in [-0.2, -0.15) is 0 Å². The number of benzene rings is 1. The van der Waals surface area contributed by atoms with Crippen LogP contribution in [-0.4, -0.2) is 47.8 Å². The molecule has 1 spiro atoms. The van der Waals surface area contributed by atoms with E-state index in [-0.39, 0.29) is 11.3 Å². The lowest BCUT2D eigenvalue weighted by Gasteiger charge is -2.39. The van der Waals surface area contributed by atoms with Gasteiger partial charge in [-0.05, 0) is 43.7 Å². The van der Waals surface area contributed by atoms with Gasteiger partial charge in [-0.15, -0.1) is 0 Å². The Labute approximate surface area is 143 Å². The molecule has 1 aromatic carbocycles. The van der Waals surface area contributed by atoms with Gasteiger partial charge in [-0.1, -0.05) is 24.3 Å². The first-order valence-corrected chi connectivity index (χ1v) is 9.26. The van der Waals surface area contributed by atoms with E-state index in [4.69, 9.17) is 0 Å². The van der Waals surface area contributed by atoms with Crippen LogP contribution in [0.5, 0.6) is 0 Å². The molecule has 1 aliphatic carbocycles. The van der Waals surface area contributed by atoms with E-state index in [9.17, 15) is 9.59 Å². The third-order valence-electron chi connectivity index (χ3n) is 6.35. The normalized spacial score (nSPS) is 25.4. The molecule has 2 fully saturated rings. The Bertz CT molecular complexity index is 661. The average Bonchev–Trinajstić information content (AvgIpc) is 3.16. The third kappa shape index (κ3) is 2.52. The summed E-state index contributed by atoms with van der Waals surface area (Å²) in [4.78, 5) is 29.1. The predicted molar refractivity (Wildman–Crippen MR) is 92.6 cm³/mol. The molecule has 2 amide bonds. The van der Waals surface area contributed by atoms with E-state index in [0.717, 1.165) is 51.9 Å². The molecule has 4 heteroatoms. The Morgan fingerprint density at radius 2 is 2.00 bits per heavy atom. The maximum atomic E-state index is 13.0. The summed E-state index contributed by atoms with van der Waals surface area (Å²) in [5, 5.41) is 0. The van der Waals surface area contributed by atoms with Crippen molar-refractivity contribution in [3.8, 4) is 0 Å². The lowest BCUT2D eigenvalue weighted by atomic mass is 9.77. The highest BCUT2D eigenvalue weighted by atomic mass is 16.2. The van der Waals surface area contributed by atoms with Gasteiger partial charge < -0.3 is 9.80 Å². The standard InChI is InChI=1S/C20H26N2O2/c1-2-21-14-20(13-18(21)23)9-11-22(12-10-20)19(24)17-8-7-15-5-3-4-6-16(15)17/h3-6,17H,2,7-14H2,1H3. The molecule has 128 valence electrons. The van der Waals surface area contributed by atoms with Gasteiger partial charge in [-0.3, -0.25) is 9.59 Å². The Kier molecular flexibility index (Phi) is 3.86. The van der Waals surface area contributed by atoms with Gasteiger partial charge in [0.2, 0.25) is 11.8 Å². The fourth-order valence-electron chi connectivity index (χ4n) is 4.84. The summed E-state index contributed by atoms with van der Waals surface area (Å²) in [6.45, 7) is 5.36. The number of carbonyl (C=O) groups is 2. The smallest absolute Gasteiger partial charge is 0.230 e. The number of nitrogens with zero attached hydrogens (tertiary/aromatic N) is 2. The number of hydrogen-bond acceptors (Lipinski definition) is 2. The van der Waals surface area contributed by atoms with Crippen LogP contribution in [0.3, 0.4) is 0 Å². The van der Waals surface area contributed by atoms with Gasteiger partial charge in [0.15, 0.2) is 0 Å². The van der Waals surface area contributed by atoms with Crippen LogP contribution in [0.2, 0.25) is 0 Å². The van der Waals surface area contributed by atoms with Crippen LogP contribution >= 0.6 is 0 Å². The minimum Gasteiger partial charge on any atom is -0.342 e. The topological polar surface area (TPSA) is 40.6 Å². The monoisotopic (exact) mass is 326 g/mol. The molecule has 0 N–H and O–H groups in total. The number of fused-ring (bicyclic) bond motifs is 1. The number of aryl methyl sites for hydroxylation is 1. The third-order valence-corrected chi connectivity index (χ3v) is 6.35. The van der Waals surface area contributed by atoms with Crippen molar-refractivity contribution in [2.45, 2.75) is 44.9 Å².